The van der Waals surface area contributed by atoms with Crippen molar-refractivity contribution in [3.05, 3.63) is 35.4 Å². The summed E-state index contributed by atoms with van der Waals surface area (Å²) >= 11 is 0. The van der Waals surface area contributed by atoms with Crippen molar-refractivity contribution in [2.75, 3.05) is 13.1 Å². The van der Waals surface area contributed by atoms with E-state index < -0.39 is 11.6 Å². The summed E-state index contributed by atoms with van der Waals surface area (Å²) in [6.07, 6.45) is 7.87. The molecule has 1 atom stereocenters. The van der Waals surface area contributed by atoms with Crippen molar-refractivity contribution in [3.8, 4) is 0 Å². The number of amides is 1. The maximum atomic E-state index is 14.5. The second-order valence-corrected chi connectivity index (χ2v) is 15.5. The minimum absolute atomic E-state index is 0.0585. The van der Waals surface area contributed by atoms with E-state index in [9.17, 15) is 14.7 Å². The van der Waals surface area contributed by atoms with Crippen molar-refractivity contribution in [2.24, 2.45) is 27.2 Å². The fourth-order valence-electron chi connectivity index (χ4n) is 7.00. The summed E-state index contributed by atoms with van der Waals surface area (Å²) in [6.45, 7) is 20.0. The van der Waals surface area contributed by atoms with Crippen molar-refractivity contribution in [2.45, 2.75) is 118 Å². The number of piperidine rings is 1. The van der Waals surface area contributed by atoms with E-state index in [1.807, 2.05) is 12.1 Å². The highest BCUT2D eigenvalue weighted by atomic mass is 16.4. The molecule has 1 saturated carbocycles. The van der Waals surface area contributed by atoms with Crippen molar-refractivity contribution in [1.29, 1.82) is 0 Å². The molecule has 1 unspecified atom stereocenters. The number of aliphatic imine (C=N–C) groups is 1. The average molecular weight is 538 g/mol. The summed E-state index contributed by atoms with van der Waals surface area (Å²) in [5.74, 6) is 0.388. The summed E-state index contributed by atoms with van der Waals surface area (Å²) < 4.78 is 0. The van der Waals surface area contributed by atoms with E-state index in [1.54, 1.807) is 12.1 Å². The second kappa shape index (κ2) is 10.6. The third-order valence-electron chi connectivity index (χ3n) is 9.41. The molecular formula is C33H51N3O3. The summed E-state index contributed by atoms with van der Waals surface area (Å²) in [7, 11) is 0. The Labute approximate surface area is 236 Å². The van der Waals surface area contributed by atoms with E-state index in [0.29, 0.717) is 11.8 Å². The molecule has 1 aliphatic carbocycles. The molecule has 0 radical (unpaired) electrons. The molecule has 6 heteroatoms. The van der Waals surface area contributed by atoms with Crippen LogP contribution in [0.5, 0.6) is 0 Å². The van der Waals surface area contributed by atoms with Crippen molar-refractivity contribution in [1.82, 2.24) is 9.80 Å². The van der Waals surface area contributed by atoms with E-state index >= 15 is 0 Å². The lowest BCUT2D eigenvalue weighted by atomic mass is 9.69. The number of nitrogens with zero attached hydrogens (tertiary/aromatic N) is 3. The molecule has 1 saturated heterocycles. The van der Waals surface area contributed by atoms with Crippen molar-refractivity contribution in [3.63, 3.8) is 0 Å². The van der Waals surface area contributed by atoms with E-state index in [-0.39, 0.29) is 33.8 Å². The fourth-order valence-corrected chi connectivity index (χ4v) is 7.00. The van der Waals surface area contributed by atoms with E-state index in [2.05, 4.69) is 65.2 Å². The Morgan fingerprint density at radius 1 is 1.05 bits per heavy atom. The predicted octanol–water partition coefficient (Wildman–Crippen LogP) is 7.55. The number of amidine groups is 1. The maximum Gasteiger partial charge on any atom is 0.335 e. The van der Waals surface area contributed by atoms with Crippen LogP contribution in [-0.4, -0.2) is 51.4 Å². The third kappa shape index (κ3) is 6.52. The highest BCUT2D eigenvalue weighted by molar-refractivity contribution is 6.39. The number of aromatic carboxylic acids is 1. The van der Waals surface area contributed by atoms with Crippen LogP contribution in [0.2, 0.25) is 0 Å². The van der Waals surface area contributed by atoms with Gasteiger partial charge in [0.15, 0.2) is 5.84 Å². The van der Waals surface area contributed by atoms with Gasteiger partial charge in [0.25, 0.3) is 5.91 Å². The minimum atomic E-state index is -0.930. The molecule has 2 heterocycles. The van der Waals surface area contributed by atoms with Gasteiger partial charge in [-0.15, -0.1) is 0 Å². The Bertz CT molecular complexity index is 1080. The molecule has 39 heavy (non-hydrogen) atoms. The van der Waals surface area contributed by atoms with Crippen LogP contribution in [0.15, 0.2) is 29.3 Å². The van der Waals surface area contributed by atoms with Gasteiger partial charge >= 0.3 is 5.97 Å². The largest absolute Gasteiger partial charge is 0.478 e. The SMILES string of the molecule is CC(C)(C)CCC(c1ccc(C(=O)O)cc1)N1C(=O)C(N2CCCC(C)(C)C2)=NC12CCC(C(C)(C)C)CC2. The van der Waals surface area contributed by atoms with Gasteiger partial charge < -0.3 is 14.9 Å². The lowest BCUT2D eigenvalue weighted by Gasteiger charge is -2.47. The number of hydrogen-bond acceptors (Lipinski definition) is 4. The van der Waals surface area contributed by atoms with E-state index in [1.165, 1.54) is 0 Å². The monoisotopic (exact) mass is 537 g/mol. The molecule has 3 aliphatic rings. The first kappa shape index (κ1) is 29.6. The zero-order valence-electron chi connectivity index (χ0n) is 25.6. The number of carboxylic acids is 1. The number of benzene rings is 1. The van der Waals surface area contributed by atoms with Crippen LogP contribution < -0.4 is 0 Å². The van der Waals surface area contributed by atoms with Crippen LogP contribution in [0.1, 0.15) is 129 Å². The first-order chi connectivity index (χ1) is 18.0. The summed E-state index contributed by atoms with van der Waals surface area (Å²) in [6, 6.07) is 7.05. The molecule has 216 valence electrons. The summed E-state index contributed by atoms with van der Waals surface area (Å²) in [5, 5.41) is 9.50. The van der Waals surface area contributed by atoms with Crippen LogP contribution in [0.3, 0.4) is 0 Å². The van der Waals surface area contributed by atoms with Gasteiger partial charge in [-0.1, -0.05) is 67.5 Å². The Hall–Kier alpha value is -2.37. The highest BCUT2D eigenvalue weighted by Crippen LogP contribution is 2.50. The number of carbonyl (C=O) groups is 2. The fraction of sp³-hybridized carbons (Fsp3) is 0.727. The Morgan fingerprint density at radius 2 is 1.67 bits per heavy atom. The molecule has 2 aliphatic heterocycles. The average Bonchev–Trinajstić information content (AvgIpc) is 3.09. The zero-order chi connectivity index (χ0) is 28.8. The molecule has 4 rings (SSSR count). The first-order valence-electron chi connectivity index (χ1n) is 15.0. The van der Waals surface area contributed by atoms with Crippen LogP contribution in [0, 0.1) is 22.2 Å². The quantitative estimate of drug-likeness (QED) is 0.421. The Morgan fingerprint density at radius 3 is 2.18 bits per heavy atom. The summed E-state index contributed by atoms with van der Waals surface area (Å²) in [5.41, 5.74) is 1.24. The molecule has 0 aromatic heterocycles. The standard InChI is InChI=1S/C33H51N3O3/c1-30(2,3)18-16-26(23-10-12-24(13-11-23)29(38)39)36-28(37)27(35-21-9-17-32(7,8)22-35)34-33(36)19-14-25(15-20-33)31(4,5)6/h10-13,25-26H,9,14-22H2,1-8H3,(H,38,39). The highest BCUT2D eigenvalue weighted by Gasteiger charge is 2.54. The molecule has 1 aromatic rings. The van der Waals surface area contributed by atoms with Crippen LogP contribution in [0.4, 0.5) is 0 Å². The second-order valence-electron chi connectivity index (χ2n) is 15.5. The van der Waals surface area contributed by atoms with Crippen molar-refractivity contribution >= 4 is 17.7 Å². The first-order valence-corrected chi connectivity index (χ1v) is 15.0. The maximum absolute atomic E-state index is 14.5. The van der Waals surface area contributed by atoms with Gasteiger partial charge in [0.1, 0.15) is 5.66 Å². The lowest BCUT2D eigenvalue weighted by Crippen LogP contribution is -2.53. The van der Waals surface area contributed by atoms with Crippen LogP contribution in [0.25, 0.3) is 0 Å². The smallest absolute Gasteiger partial charge is 0.335 e. The van der Waals surface area contributed by atoms with Crippen LogP contribution in [-0.2, 0) is 4.79 Å². The van der Waals surface area contributed by atoms with Gasteiger partial charge in [0, 0.05) is 13.1 Å². The summed E-state index contributed by atoms with van der Waals surface area (Å²) in [4.78, 5) is 35.9. The Kier molecular flexibility index (Phi) is 8.01. The van der Waals surface area contributed by atoms with Gasteiger partial charge in [-0.2, -0.15) is 0 Å². The van der Waals surface area contributed by atoms with Gasteiger partial charge in [-0.3, -0.25) is 4.79 Å². The van der Waals surface area contributed by atoms with E-state index in [0.717, 1.165) is 70.0 Å². The van der Waals surface area contributed by atoms with Gasteiger partial charge in [0.05, 0.1) is 11.6 Å². The Balaban J connectivity index is 1.76. The number of likely N-dealkylation sites (tertiary alicyclic amines) is 1. The van der Waals surface area contributed by atoms with Gasteiger partial charge in [-0.25, -0.2) is 9.79 Å². The lowest BCUT2D eigenvalue weighted by molar-refractivity contribution is -0.134. The van der Waals surface area contributed by atoms with Gasteiger partial charge in [-0.05, 0) is 91.2 Å². The molecule has 0 bridgehead atoms. The number of hydrogen-bond donors (Lipinski definition) is 1. The third-order valence-corrected chi connectivity index (χ3v) is 9.41. The van der Waals surface area contributed by atoms with E-state index in [4.69, 9.17) is 4.99 Å². The molecule has 2 fully saturated rings. The molecule has 1 aromatic carbocycles. The van der Waals surface area contributed by atoms with Crippen molar-refractivity contribution < 1.29 is 14.7 Å². The molecule has 6 nitrogen and oxygen atoms in total. The zero-order valence-corrected chi connectivity index (χ0v) is 25.6. The minimum Gasteiger partial charge on any atom is -0.478 e. The number of carbonyl (C=O) groups excluding carboxylic acids is 1. The number of carboxylic acid groups (broad SMARTS) is 1. The molecule has 1 N–H and O–H groups in total. The predicted molar refractivity (Wildman–Crippen MR) is 158 cm³/mol. The molecule has 1 spiro atoms. The number of rotatable bonds is 5. The normalized spacial score (nSPS) is 26.6. The molecular weight excluding hydrogens is 486 g/mol. The van der Waals surface area contributed by atoms with Gasteiger partial charge in [0.2, 0.25) is 0 Å². The molecule has 1 amide bonds. The van der Waals surface area contributed by atoms with Crippen LogP contribution >= 0.6 is 0 Å². The topological polar surface area (TPSA) is 73.2 Å².